The molecule has 140 valence electrons. The molecule has 0 unspecified atom stereocenters. The Kier molecular flexibility index (Phi) is 4.74. The molecule has 0 aliphatic carbocycles. The Labute approximate surface area is 166 Å². The van der Waals surface area contributed by atoms with Crippen molar-refractivity contribution in [2.45, 2.75) is 13.0 Å². The number of halogens is 2. The predicted molar refractivity (Wildman–Crippen MR) is 107 cm³/mol. The third-order valence-corrected chi connectivity index (χ3v) is 5.67. The fourth-order valence-electron chi connectivity index (χ4n) is 3.55. The number of aliphatic hydroxyl groups is 1. The van der Waals surface area contributed by atoms with Gasteiger partial charge in [0.25, 0.3) is 0 Å². The van der Waals surface area contributed by atoms with Gasteiger partial charge in [-0.05, 0) is 29.9 Å². The Bertz CT molecular complexity index is 1020. The van der Waals surface area contributed by atoms with E-state index in [4.69, 9.17) is 29.0 Å². The maximum absolute atomic E-state index is 12.0. The number of benzene rings is 1. The maximum atomic E-state index is 12.0. The molecule has 0 bridgehead atoms. The van der Waals surface area contributed by atoms with Gasteiger partial charge in [0.05, 0.1) is 21.3 Å². The average molecular weight is 405 g/mol. The van der Waals surface area contributed by atoms with Crippen molar-refractivity contribution in [2.24, 2.45) is 5.84 Å². The monoisotopic (exact) mass is 404 g/mol. The highest BCUT2D eigenvalue weighted by atomic mass is 35.5. The summed E-state index contributed by atoms with van der Waals surface area (Å²) in [6, 6.07) is 1.81. The van der Waals surface area contributed by atoms with Crippen molar-refractivity contribution < 1.29 is 9.90 Å². The van der Waals surface area contributed by atoms with E-state index in [2.05, 4.69) is 4.98 Å². The third-order valence-electron chi connectivity index (χ3n) is 4.89. The van der Waals surface area contributed by atoms with Crippen LogP contribution in [0.1, 0.15) is 16.8 Å². The lowest BCUT2D eigenvalue weighted by Crippen LogP contribution is -2.37. The maximum Gasteiger partial charge on any atom is 0.248 e. The zero-order chi connectivity index (χ0) is 19.1. The first kappa shape index (κ1) is 18.1. The van der Waals surface area contributed by atoms with Crippen molar-refractivity contribution in [3.05, 3.63) is 63.1 Å². The molecular formula is C19H18Cl2N4O2. The van der Waals surface area contributed by atoms with Crippen LogP contribution in [0.25, 0.3) is 17.0 Å². The molecular weight excluding hydrogens is 387 g/mol. The Balaban J connectivity index is 1.90. The fraction of sp³-hybridized carbons (Fsp3) is 0.211. The Morgan fingerprint density at radius 1 is 1.37 bits per heavy atom. The van der Waals surface area contributed by atoms with Gasteiger partial charge >= 0.3 is 0 Å². The zero-order valence-corrected chi connectivity index (χ0v) is 15.9. The van der Waals surface area contributed by atoms with Crippen LogP contribution in [0.3, 0.4) is 0 Å². The molecule has 2 aliphatic heterocycles. The van der Waals surface area contributed by atoms with E-state index in [-0.39, 0.29) is 5.91 Å². The molecule has 1 aromatic heterocycles. The van der Waals surface area contributed by atoms with Crippen LogP contribution in [-0.4, -0.2) is 39.1 Å². The molecule has 2 aromatic rings. The number of nitrogens with zero attached hydrogens (tertiary/aromatic N) is 2. The quantitative estimate of drug-likeness (QED) is 0.671. The predicted octanol–water partition coefficient (Wildman–Crippen LogP) is 2.95. The second-order valence-electron chi connectivity index (χ2n) is 6.49. The fourth-order valence-corrected chi connectivity index (χ4v) is 3.96. The van der Waals surface area contributed by atoms with E-state index >= 15 is 0 Å². The number of carbonyl (C=O) groups is 1. The molecule has 0 saturated heterocycles. The highest BCUT2D eigenvalue weighted by Gasteiger charge is 2.26. The van der Waals surface area contributed by atoms with Crippen LogP contribution < -0.4 is 5.84 Å². The molecule has 2 aliphatic rings. The molecule has 0 radical (unpaired) electrons. The first-order valence-electron chi connectivity index (χ1n) is 8.50. The van der Waals surface area contributed by atoms with Crippen molar-refractivity contribution in [3.8, 4) is 0 Å². The van der Waals surface area contributed by atoms with Crippen molar-refractivity contribution in [1.82, 2.24) is 14.9 Å². The van der Waals surface area contributed by atoms with E-state index < -0.39 is 6.61 Å². The minimum Gasteiger partial charge on any atom is -0.387 e. The first-order valence-corrected chi connectivity index (χ1v) is 9.25. The van der Waals surface area contributed by atoms with E-state index in [1.54, 1.807) is 17.2 Å². The number of hydrogen-bond acceptors (Lipinski definition) is 4. The molecule has 1 aromatic carbocycles. The van der Waals surface area contributed by atoms with Gasteiger partial charge in [0, 0.05) is 42.4 Å². The molecule has 1 amide bonds. The summed E-state index contributed by atoms with van der Waals surface area (Å²) >= 11 is 12.8. The lowest BCUT2D eigenvalue weighted by molar-refractivity contribution is -0.135. The minimum atomic E-state index is -0.500. The van der Waals surface area contributed by atoms with Crippen LogP contribution in [0.15, 0.2) is 36.2 Å². The van der Waals surface area contributed by atoms with Gasteiger partial charge in [-0.2, -0.15) is 0 Å². The second kappa shape index (κ2) is 7.05. The van der Waals surface area contributed by atoms with E-state index in [1.807, 2.05) is 24.3 Å². The number of rotatable bonds is 2. The lowest BCUT2D eigenvalue weighted by Gasteiger charge is -2.27. The molecule has 0 fully saturated rings. The largest absolute Gasteiger partial charge is 0.387 e. The van der Waals surface area contributed by atoms with Gasteiger partial charge in [-0.15, -0.1) is 0 Å². The van der Waals surface area contributed by atoms with Gasteiger partial charge in [-0.25, -0.2) is 5.84 Å². The summed E-state index contributed by atoms with van der Waals surface area (Å²) < 4.78 is 0. The second-order valence-corrected chi connectivity index (χ2v) is 7.28. The van der Waals surface area contributed by atoms with Crippen LogP contribution in [-0.2, 0) is 17.8 Å². The zero-order valence-electron chi connectivity index (χ0n) is 14.4. The van der Waals surface area contributed by atoms with Crippen LogP contribution in [0.4, 0.5) is 0 Å². The number of hydrazine groups is 1. The number of hydrogen-bond donors (Lipinski definition) is 3. The van der Waals surface area contributed by atoms with Gasteiger partial charge < -0.3 is 15.0 Å². The molecule has 0 atom stereocenters. The number of nitrogens with two attached hydrogens (primary N) is 1. The van der Waals surface area contributed by atoms with Gasteiger partial charge in [0.2, 0.25) is 5.91 Å². The molecule has 8 heteroatoms. The van der Waals surface area contributed by atoms with Crippen molar-refractivity contribution >= 4 is 46.1 Å². The number of nitrogens with one attached hydrogen (secondary N) is 1. The number of aliphatic hydroxyl groups excluding tert-OH is 1. The number of amides is 1. The van der Waals surface area contributed by atoms with Crippen molar-refractivity contribution in [1.29, 1.82) is 0 Å². The smallest absolute Gasteiger partial charge is 0.248 e. The highest BCUT2D eigenvalue weighted by Crippen LogP contribution is 2.39. The van der Waals surface area contributed by atoms with Gasteiger partial charge in [0.1, 0.15) is 6.61 Å². The van der Waals surface area contributed by atoms with E-state index in [1.165, 1.54) is 5.01 Å². The van der Waals surface area contributed by atoms with E-state index in [9.17, 15) is 9.90 Å². The molecule has 4 rings (SSSR count). The van der Waals surface area contributed by atoms with Gasteiger partial charge in [-0.3, -0.25) is 9.80 Å². The number of carbonyl (C=O) groups excluding carboxylic acids is 1. The number of aromatic nitrogens is 1. The van der Waals surface area contributed by atoms with Crippen LogP contribution >= 0.6 is 23.2 Å². The number of H-pyrrole nitrogens is 1. The molecule has 3 heterocycles. The Morgan fingerprint density at radius 3 is 2.93 bits per heavy atom. The molecule has 0 saturated carbocycles. The van der Waals surface area contributed by atoms with E-state index in [0.717, 1.165) is 33.4 Å². The summed E-state index contributed by atoms with van der Waals surface area (Å²) in [5, 5.41) is 12.5. The Hall–Kier alpha value is -2.25. The summed E-state index contributed by atoms with van der Waals surface area (Å²) in [6.07, 6.45) is 10.00. The normalized spacial score (nSPS) is 17.9. The molecule has 0 spiro atoms. The Morgan fingerprint density at radius 2 is 2.19 bits per heavy atom. The topological polar surface area (TPSA) is 85.6 Å². The highest BCUT2D eigenvalue weighted by molar-refractivity contribution is 6.45. The molecule has 27 heavy (non-hydrogen) atoms. The van der Waals surface area contributed by atoms with Gasteiger partial charge in [0.15, 0.2) is 0 Å². The first-order chi connectivity index (χ1) is 13.0. The van der Waals surface area contributed by atoms with Crippen LogP contribution in [0.2, 0.25) is 10.0 Å². The minimum absolute atomic E-state index is 0.288. The standard InChI is InChI=1S/C19H18Cl2N4O2/c20-14-8-11(7-12-3-1-2-5-25(12)22)17-13-9-24(16(27)10-26)6-4-15(13)23-19(17)18(14)21/h1-3,5,7-8,23,26H,4,6,9-10,22H2/b12-7+. The number of aromatic amines is 1. The molecule has 4 N–H and O–H groups in total. The summed E-state index contributed by atoms with van der Waals surface area (Å²) in [7, 11) is 0. The summed E-state index contributed by atoms with van der Waals surface area (Å²) in [4.78, 5) is 17.0. The van der Waals surface area contributed by atoms with Crippen molar-refractivity contribution in [2.75, 3.05) is 13.2 Å². The average Bonchev–Trinajstić information content (AvgIpc) is 3.06. The van der Waals surface area contributed by atoms with E-state index in [0.29, 0.717) is 29.6 Å². The van der Waals surface area contributed by atoms with Crippen LogP contribution in [0, 0.1) is 0 Å². The van der Waals surface area contributed by atoms with Gasteiger partial charge in [-0.1, -0.05) is 29.3 Å². The van der Waals surface area contributed by atoms with Crippen LogP contribution in [0.5, 0.6) is 0 Å². The third kappa shape index (κ3) is 3.15. The lowest BCUT2D eigenvalue weighted by atomic mass is 9.99. The summed E-state index contributed by atoms with van der Waals surface area (Å²) in [5.41, 5.74) is 4.42. The summed E-state index contributed by atoms with van der Waals surface area (Å²) in [5.74, 6) is 5.72. The number of allylic oxidation sites excluding steroid dienone is 3. The number of fused-ring (bicyclic) bond motifs is 3. The summed E-state index contributed by atoms with van der Waals surface area (Å²) in [6.45, 7) is 0.455. The van der Waals surface area contributed by atoms with Crippen molar-refractivity contribution in [3.63, 3.8) is 0 Å². The molecule has 6 nitrogen and oxygen atoms in total. The SMILES string of the molecule is NN1C=CC=C/C1=C\c1cc(Cl)c(Cl)c2[nH]c3c(c12)CN(C(=O)CO)CC3.